The van der Waals surface area contributed by atoms with E-state index < -0.39 is 21.5 Å². The zero-order chi connectivity index (χ0) is 13.9. The minimum Gasteiger partial charge on any atom is -0.219 e. The van der Waals surface area contributed by atoms with Crippen molar-refractivity contribution in [2.24, 2.45) is 0 Å². The fraction of sp³-hybridized carbons (Fsp3) is 0. The standard InChI is InChI=1S/C14H10F2O2S/c15-12-5-7-13(8-6-12)19(17,18)10-9-11-3-1-2-4-14(11)16/h1-10H/b10-9+. The van der Waals surface area contributed by atoms with Gasteiger partial charge < -0.3 is 0 Å². The number of halogens is 2. The van der Waals surface area contributed by atoms with Crippen molar-refractivity contribution in [3.05, 3.63) is 71.1 Å². The second-order valence-electron chi connectivity index (χ2n) is 3.82. The number of hydrogen-bond donors (Lipinski definition) is 0. The van der Waals surface area contributed by atoms with Crippen LogP contribution in [0.4, 0.5) is 8.78 Å². The van der Waals surface area contributed by atoms with Crippen LogP contribution < -0.4 is 0 Å². The highest BCUT2D eigenvalue weighted by molar-refractivity contribution is 7.94. The van der Waals surface area contributed by atoms with Crippen molar-refractivity contribution >= 4 is 15.9 Å². The van der Waals surface area contributed by atoms with Crippen LogP contribution in [0.3, 0.4) is 0 Å². The molecule has 2 aromatic rings. The van der Waals surface area contributed by atoms with Crippen LogP contribution in [0.1, 0.15) is 5.56 Å². The summed E-state index contributed by atoms with van der Waals surface area (Å²) in [6, 6.07) is 10.3. The van der Waals surface area contributed by atoms with Crippen LogP contribution in [-0.2, 0) is 9.84 Å². The molecule has 0 amide bonds. The lowest BCUT2D eigenvalue weighted by molar-refractivity contribution is 0.603. The van der Waals surface area contributed by atoms with Crippen LogP contribution in [0.15, 0.2) is 58.8 Å². The molecule has 2 rings (SSSR count). The summed E-state index contributed by atoms with van der Waals surface area (Å²) in [6.45, 7) is 0. The van der Waals surface area contributed by atoms with E-state index >= 15 is 0 Å². The first-order valence-electron chi connectivity index (χ1n) is 5.42. The molecule has 0 atom stereocenters. The van der Waals surface area contributed by atoms with Gasteiger partial charge in [0.25, 0.3) is 0 Å². The summed E-state index contributed by atoms with van der Waals surface area (Å²) < 4.78 is 49.8. The Hall–Kier alpha value is -2.01. The van der Waals surface area contributed by atoms with Gasteiger partial charge in [0.1, 0.15) is 11.6 Å². The Morgan fingerprint density at radius 2 is 1.53 bits per heavy atom. The zero-order valence-electron chi connectivity index (χ0n) is 9.75. The molecule has 98 valence electrons. The van der Waals surface area contributed by atoms with Crippen LogP contribution >= 0.6 is 0 Å². The molecule has 0 aromatic heterocycles. The van der Waals surface area contributed by atoms with Gasteiger partial charge in [-0.2, -0.15) is 0 Å². The van der Waals surface area contributed by atoms with E-state index in [9.17, 15) is 17.2 Å². The van der Waals surface area contributed by atoms with Gasteiger partial charge in [-0.25, -0.2) is 17.2 Å². The Balaban J connectivity index is 2.32. The lowest BCUT2D eigenvalue weighted by Gasteiger charge is -1.99. The van der Waals surface area contributed by atoms with Crippen molar-refractivity contribution in [3.63, 3.8) is 0 Å². The topological polar surface area (TPSA) is 34.1 Å². The van der Waals surface area contributed by atoms with E-state index in [1.807, 2.05) is 0 Å². The predicted molar refractivity (Wildman–Crippen MR) is 69.0 cm³/mol. The summed E-state index contributed by atoms with van der Waals surface area (Å²) in [4.78, 5) is -0.0403. The van der Waals surface area contributed by atoms with Gasteiger partial charge in [-0.1, -0.05) is 18.2 Å². The van der Waals surface area contributed by atoms with Crippen LogP contribution in [0, 0.1) is 11.6 Å². The molecular weight excluding hydrogens is 270 g/mol. The SMILES string of the molecule is O=S(=O)(/C=C/c1ccccc1F)c1ccc(F)cc1. The fourth-order valence-electron chi connectivity index (χ4n) is 1.48. The highest BCUT2D eigenvalue weighted by Crippen LogP contribution is 2.15. The van der Waals surface area contributed by atoms with Crippen molar-refractivity contribution in [1.82, 2.24) is 0 Å². The zero-order valence-corrected chi connectivity index (χ0v) is 10.6. The predicted octanol–water partition coefficient (Wildman–Crippen LogP) is 3.41. The van der Waals surface area contributed by atoms with E-state index in [1.165, 1.54) is 24.3 Å². The molecule has 2 nitrogen and oxygen atoms in total. The summed E-state index contributed by atoms with van der Waals surface area (Å²) in [6.07, 6.45) is 1.17. The highest BCUT2D eigenvalue weighted by atomic mass is 32.2. The molecule has 0 saturated carbocycles. The minimum atomic E-state index is -3.71. The lowest BCUT2D eigenvalue weighted by atomic mass is 10.2. The van der Waals surface area contributed by atoms with Gasteiger partial charge in [-0.05, 0) is 36.4 Å². The van der Waals surface area contributed by atoms with Gasteiger partial charge in [0.05, 0.1) is 4.90 Å². The van der Waals surface area contributed by atoms with Crippen molar-refractivity contribution in [2.45, 2.75) is 4.90 Å². The Morgan fingerprint density at radius 1 is 0.895 bits per heavy atom. The van der Waals surface area contributed by atoms with E-state index in [2.05, 4.69) is 0 Å². The molecule has 0 aliphatic carbocycles. The number of sulfone groups is 1. The van der Waals surface area contributed by atoms with Crippen LogP contribution in [0.5, 0.6) is 0 Å². The minimum absolute atomic E-state index is 0.0403. The Labute approximate surface area is 109 Å². The summed E-state index contributed by atoms with van der Waals surface area (Å²) >= 11 is 0. The molecule has 0 radical (unpaired) electrons. The molecule has 19 heavy (non-hydrogen) atoms. The van der Waals surface area contributed by atoms with Crippen molar-refractivity contribution in [1.29, 1.82) is 0 Å². The third-order valence-corrected chi connectivity index (χ3v) is 3.90. The first-order chi connectivity index (χ1) is 8.99. The Bertz CT molecular complexity index is 704. The van der Waals surface area contributed by atoms with E-state index in [4.69, 9.17) is 0 Å². The third-order valence-electron chi connectivity index (χ3n) is 2.47. The van der Waals surface area contributed by atoms with Crippen LogP contribution in [0.25, 0.3) is 6.08 Å². The summed E-state index contributed by atoms with van der Waals surface area (Å²) in [5.74, 6) is -1.02. The fourth-order valence-corrected chi connectivity index (χ4v) is 2.47. The summed E-state index contributed by atoms with van der Waals surface area (Å²) in [5.41, 5.74) is 0.174. The molecule has 5 heteroatoms. The van der Waals surface area contributed by atoms with Crippen LogP contribution in [0.2, 0.25) is 0 Å². The van der Waals surface area contributed by atoms with E-state index in [1.54, 1.807) is 6.07 Å². The Kier molecular flexibility index (Phi) is 3.76. The largest absolute Gasteiger partial charge is 0.219 e. The monoisotopic (exact) mass is 280 g/mol. The molecule has 0 aliphatic rings. The molecule has 0 saturated heterocycles. The maximum absolute atomic E-state index is 13.3. The molecule has 0 heterocycles. The number of rotatable bonds is 3. The summed E-state index contributed by atoms with van der Waals surface area (Å²) in [5, 5.41) is 0.901. The Morgan fingerprint density at radius 3 is 2.16 bits per heavy atom. The number of benzene rings is 2. The van der Waals surface area contributed by atoms with Crippen LogP contribution in [-0.4, -0.2) is 8.42 Å². The third kappa shape index (κ3) is 3.26. The molecular formula is C14H10F2O2S. The highest BCUT2D eigenvalue weighted by Gasteiger charge is 2.10. The van der Waals surface area contributed by atoms with E-state index in [-0.39, 0.29) is 10.5 Å². The van der Waals surface area contributed by atoms with Gasteiger partial charge in [-0.3, -0.25) is 0 Å². The normalized spacial score (nSPS) is 11.9. The molecule has 0 fully saturated rings. The van der Waals surface area contributed by atoms with Gasteiger partial charge in [0.15, 0.2) is 9.84 Å². The van der Waals surface area contributed by atoms with Crippen molar-refractivity contribution < 1.29 is 17.2 Å². The molecule has 0 bridgehead atoms. The summed E-state index contributed by atoms with van der Waals surface area (Å²) in [7, 11) is -3.71. The quantitative estimate of drug-likeness (QED) is 0.807. The van der Waals surface area contributed by atoms with Gasteiger partial charge in [0.2, 0.25) is 0 Å². The van der Waals surface area contributed by atoms with E-state index in [0.29, 0.717) is 0 Å². The first-order valence-corrected chi connectivity index (χ1v) is 6.97. The average Bonchev–Trinajstić information content (AvgIpc) is 2.38. The van der Waals surface area contributed by atoms with Crippen molar-refractivity contribution in [2.75, 3.05) is 0 Å². The molecule has 0 aliphatic heterocycles. The molecule has 0 unspecified atom stereocenters. The number of hydrogen-bond acceptors (Lipinski definition) is 2. The van der Waals surface area contributed by atoms with Crippen molar-refractivity contribution in [3.8, 4) is 0 Å². The molecule has 0 N–H and O–H groups in total. The molecule has 0 spiro atoms. The smallest absolute Gasteiger partial charge is 0.199 e. The molecule has 2 aromatic carbocycles. The van der Waals surface area contributed by atoms with Gasteiger partial charge in [0, 0.05) is 11.0 Å². The van der Waals surface area contributed by atoms with Gasteiger partial charge >= 0.3 is 0 Å². The van der Waals surface area contributed by atoms with E-state index in [0.717, 1.165) is 29.7 Å². The second-order valence-corrected chi connectivity index (χ2v) is 5.66. The average molecular weight is 280 g/mol. The maximum atomic E-state index is 13.3. The maximum Gasteiger partial charge on any atom is 0.199 e. The van der Waals surface area contributed by atoms with Gasteiger partial charge in [-0.15, -0.1) is 0 Å². The lowest BCUT2D eigenvalue weighted by Crippen LogP contribution is -1.96. The second kappa shape index (κ2) is 5.32. The first kappa shape index (κ1) is 13.4.